The van der Waals surface area contributed by atoms with Gasteiger partial charge in [0.05, 0.1) is 4.92 Å². The van der Waals surface area contributed by atoms with Gasteiger partial charge >= 0.3 is 0 Å². The molecule has 0 aliphatic heterocycles. The molecular formula is C17H21N3O3. The number of hydrogen-bond donors (Lipinski definition) is 1. The highest BCUT2D eigenvalue weighted by molar-refractivity contribution is 5.96. The van der Waals surface area contributed by atoms with Gasteiger partial charge in [-0.15, -0.1) is 0 Å². The number of carbonyl (C=O) groups excluding carboxylic acids is 1. The molecule has 2 bridgehead atoms. The molecule has 2 aliphatic rings. The van der Waals surface area contributed by atoms with Crippen LogP contribution in [0.4, 0.5) is 5.69 Å². The number of nitro groups is 1. The van der Waals surface area contributed by atoms with E-state index in [4.69, 9.17) is 0 Å². The molecule has 23 heavy (non-hydrogen) atoms. The van der Waals surface area contributed by atoms with Crippen molar-refractivity contribution in [2.45, 2.75) is 39.5 Å². The number of carbonyl (C=O) groups is 1. The Balaban J connectivity index is 1.68. The van der Waals surface area contributed by atoms with Gasteiger partial charge in [0.2, 0.25) is 0 Å². The van der Waals surface area contributed by atoms with Gasteiger partial charge in [-0.25, -0.2) is 5.43 Å². The van der Waals surface area contributed by atoms with Gasteiger partial charge in [0.25, 0.3) is 11.6 Å². The van der Waals surface area contributed by atoms with Crippen LogP contribution in [-0.2, 0) is 0 Å². The van der Waals surface area contributed by atoms with Gasteiger partial charge in [-0.1, -0.05) is 12.5 Å². The van der Waals surface area contributed by atoms with Gasteiger partial charge in [0.15, 0.2) is 0 Å². The quantitative estimate of drug-likeness (QED) is 0.524. The molecule has 6 nitrogen and oxygen atoms in total. The van der Waals surface area contributed by atoms with Crippen molar-refractivity contribution in [3.63, 3.8) is 0 Å². The number of hydrogen-bond acceptors (Lipinski definition) is 4. The molecule has 6 heteroatoms. The molecule has 1 N–H and O–H groups in total. The molecular weight excluding hydrogens is 294 g/mol. The lowest BCUT2D eigenvalue weighted by molar-refractivity contribution is -0.385. The Labute approximate surface area is 135 Å². The lowest BCUT2D eigenvalue weighted by Crippen LogP contribution is -2.24. The maximum atomic E-state index is 12.2. The second-order valence-corrected chi connectivity index (χ2v) is 6.73. The third-order valence-electron chi connectivity index (χ3n) is 5.28. The monoisotopic (exact) mass is 315 g/mol. The van der Waals surface area contributed by atoms with E-state index in [0.717, 1.165) is 11.6 Å². The smallest absolute Gasteiger partial charge is 0.267 e. The summed E-state index contributed by atoms with van der Waals surface area (Å²) in [5.74, 6) is 1.60. The highest BCUT2D eigenvalue weighted by atomic mass is 16.6. The topological polar surface area (TPSA) is 84.6 Å². The number of amides is 1. The number of fused-ring (bicyclic) bond motifs is 2. The van der Waals surface area contributed by atoms with E-state index in [1.165, 1.54) is 31.7 Å². The highest BCUT2D eigenvalue weighted by Gasteiger charge is 2.40. The van der Waals surface area contributed by atoms with E-state index in [9.17, 15) is 14.9 Å². The number of nitro benzene ring substituents is 1. The maximum Gasteiger partial charge on any atom is 0.273 e. The van der Waals surface area contributed by atoms with Gasteiger partial charge in [-0.05, 0) is 51.0 Å². The average Bonchev–Trinajstić information content (AvgIpc) is 3.15. The first kappa shape index (κ1) is 15.6. The third-order valence-corrected chi connectivity index (χ3v) is 5.28. The maximum absolute atomic E-state index is 12.2. The Bertz CT molecular complexity index is 684. The summed E-state index contributed by atoms with van der Waals surface area (Å²) in [5.41, 5.74) is 4.25. The van der Waals surface area contributed by atoms with Crippen LogP contribution >= 0.6 is 0 Å². The predicted octanol–water partition coefficient (Wildman–Crippen LogP) is 3.45. The van der Waals surface area contributed by atoms with E-state index in [0.29, 0.717) is 17.4 Å². The zero-order valence-corrected chi connectivity index (χ0v) is 13.4. The molecule has 0 saturated heterocycles. The number of hydrazone groups is 1. The molecule has 1 aromatic rings. The van der Waals surface area contributed by atoms with Crippen molar-refractivity contribution in [2.75, 3.05) is 0 Å². The molecule has 122 valence electrons. The van der Waals surface area contributed by atoms with Gasteiger partial charge in [-0.2, -0.15) is 5.10 Å². The Hall–Kier alpha value is -2.24. The summed E-state index contributed by atoms with van der Waals surface area (Å²) < 4.78 is 0. The van der Waals surface area contributed by atoms with Crippen molar-refractivity contribution in [3.8, 4) is 0 Å². The Kier molecular flexibility index (Phi) is 4.15. The lowest BCUT2D eigenvalue weighted by atomic mass is 9.86. The fourth-order valence-corrected chi connectivity index (χ4v) is 3.99. The van der Waals surface area contributed by atoms with Crippen molar-refractivity contribution in [2.24, 2.45) is 22.9 Å². The van der Waals surface area contributed by atoms with Crippen molar-refractivity contribution in [3.05, 3.63) is 39.4 Å². The molecule has 2 fully saturated rings. The third kappa shape index (κ3) is 3.11. The lowest BCUT2D eigenvalue weighted by Gasteiger charge is -2.21. The van der Waals surface area contributed by atoms with Gasteiger partial charge in [0, 0.05) is 28.8 Å². The minimum atomic E-state index is -0.476. The fraction of sp³-hybridized carbons (Fsp3) is 0.529. The molecule has 0 heterocycles. The van der Waals surface area contributed by atoms with E-state index in [1.807, 2.05) is 6.92 Å². The summed E-state index contributed by atoms with van der Waals surface area (Å²) in [7, 11) is 0. The molecule has 1 amide bonds. The van der Waals surface area contributed by atoms with E-state index in [2.05, 4.69) is 10.5 Å². The summed E-state index contributed by atoms with van der Waals surface area (Å²) in [6.45, 7) is 3.61. The molecule has 3 rings (SSSR count). The SMILES string of the molecule is C/C(=N\NC(=O)c1ccc(C)c([N+](=O)[O-])c1)C1CC2CCC1C2. The van der Waals surface area contributed by atoms with Crippen molar-refractivity contribution >= 4 is 17.3 Å². The van der Waals surface area contributed by atoms with Crippen LogP contribution in [0.25, 0.3) is 0 Å². The van der Waals surface area contributed by atoms with Crippen LogP contribution in [0.3, 0.4) is 0 Å². The zero-order valence-electron chi connectivity index (χ0n) is 13.4. The molecule has 2 saturated carbocycles. The van der Waals surface area contributed by atoms with Crippen LogP contribution in [0.2, 0.25) is 0 Å². The summed E-state index contributed by atoms with van der Waals surface area (Å²) in [4.78, 5) is 22.6. The molecule has 0 aromatic heterocycles. The minimum Gasteiger partial charge on any atom is -0.267 e. The van der Waals surface area contributed by atoms with Crippen molar-refractivity contribution in [1.82, 2.24) is 5.43 Å². The number of aryl methyl sites for hydroxylation is 1. The summed E-state index contributed by atoms with van der Waals surface area (Å²) in [5, 5.41) is 15.2. The van der Waals surface area contributed by atoms with E-state index in [-0.39, 0.29) is 11.3 Å². The van der Waals surface area contributed by atoms with Gasteiger partial charge in [-0.3, -0.25) is 14.9 Å². The largest absolute Gasteiger partial charge is 0.273 e. The molecule has 1 aromatic carbocycles. The number of rotatable bonds is 4. The Morgan fingerprint density at radius 2 is 2.13 bits per heavy atom. The molecule has 0 spiro atoms. The summed E-state index contributed by atoms with van der Waals surface area (Å²) in [6, 6.07) is 4.46. The molecule has 3 atom stereocenters. The second-order valence-electron chi connectivity index (χ2n) is 6.73. The zero-order chi connectivity index (χ0) is 16.6. The second kappa shape index (κ2) is 6.10. The first-order chi connectivity index (χ1) is 11.0. The van der Waals surface area contributed by atoms with Crippen LogP contribution in [0, 0.1) is 34.8 Å². The average molecular weight is 315 g/mol. The van der Waals surface area contributed by atoms with Crippen LogP contribution in [0.15, 0.2) is 23.3 Å². The molecule has 3 unspecified atom stereocenters. The van der Waals surface area contributed by atoms with Crippen LogP contribution in [0.5, 0.6) is 0 Å². The van der Waals surface area contributed by atoms with Crippen LogP contribution in [-0.4, -0.2) is 16.5 Å². The number of nitrogens with zero attached hydrogens (tertiary/aromatic N) is 2. The van der Waals surface area contributed by atoms with E-state index < -0.39 is 10.8 Å². The summed E-state index contributed by atoms with van der Waals surface area (Å²) in [6.07, 6.45) is 5.05. The molecule has 0 radical (unpaired) electrons. The number of nitrogens with one attached hydrogen (secondary N) is 1. The van der Waals surface area contributed by atoms with Crippen LogP contribution in [0.1, 0.15) is 48.5 Å². The van der Waals surface area contributed by atoms with E-state index >= 15 is 0 Å². The normalized spacial score (nSPS) is 26.3. The highest BCUT2D eigenvalue weighted by Crippen LogP contribution is 2.48. The van der Waals surface area contributed by atoms with Crippen molar-refractivity contribution in [1.29, 1.82) is 0 Å². The summed E-state index contributed by atoms with van der Waals surface area (Å²) >= 11 is 0. The predicted molar refractivity (Wildman–Crippen MR) is 87.3 cm³/mol. The molecule has 2 aliphatic carbocycles. The first-order valence-electron chi connectivity index (χ1n) is 8.05. The first-order valence-corrected chi connectivity index (χ1v) is 8.05. The Morgan fingerprint density at radius 3 is 2.74 bits per heavy atom. The standard InChI is InChI=1S/C17H21N3O3/c1-10-3-5-14(9-16(10)20(22)23)17(21)19-18-11(2)15-8-12-4-6-13(15)7-12/h3,5,9,12-13,15H,4,6-8H2,1-2H3,(H,19,21)/b18-11+. The van der Waals surface area contributed by atoms with Crippen molar-refractivity contribution < 1.29 is 9.72 Å². The van der Waals surface area contributed by atoms with E-state index in [1.54, 1.807) is 19.1 Å². The van der Waals surface area contributed by atoms with Gasteiger partial charge < -0.3 is 0 Å². The number of benzene rings is 1. The minimum absolute atomic E-state index is 0.0496. The van der Waals surface area contributed by atoms with Crippen LogP contribution < -0.4 is 5.43 Å². The Morgan fingerprint density at radius 1 is 1.35 bits per heavy atom. The van der Waals surface area contributed by atoms with Gasteiger partial charge in [0.1, 0.15) is 0 Å². The fourth-order valence-electron chi connectivity index (χ4n) is 3.99.